The quantitative estimate of drug-likeness (QED) is 0.751. The van der Waals surface area contributed by atoms with Gasteiger partial charge in [-0.05, 0) is 37.5 Å². The number of thioether (sulfide) groups is 1. The van der Waals surface area contributed by atoms with Crippen molar-refractivity contribution in [2.75, 3.05) is 12.4 Å². The molecule has 2 aliphatic rings. The summed E-state index contributed by atoms with van der Waals surface area (Å²) in [5.74, 6) is 2.69. The molecule has 0 bridgehead atoms. The van der Waals surface area contributed by atoms with Gasteiger partial charge in [-0.25, -0.2) is 0 Å². The minimum atomic E-state index is -0.0144. The molecular formula is C16H31NOS. The molecule has 0 aromatic rings. The summed E-state index contributed by atoms with van der Waals surface area (Å²) in [7, 11) is 0. The van der Waals surface area contributed by atoms with Crippen LogP contribution in [0, 0.1) is 11.8 Å². The van der Waals surface area contributed by atoms with Crippen molar-refractivity contribution in [1.29, 1.82) is 0 Å². The summed E-state index contributed by atoms with van der Waals surface area (Å²) in [5, 5.41) is 14.4. The lowest BCUT2D eigenvalue weighted by molar-refractivity contribution is 0.150. The van der Waals surface area contributed by atoms with Crippen LogP contribution in [0.3, 0.4) is 0 Å². The van der Waals surface area contributed by atoms with Crippen molar-refractivity contribution in [1.82, 2.24) is 5.32 Å². The first-order chi connectivity index (χ1) is 9.05. The lowest BCUT2D eigenvalue weighted by Crippen LogP contribution is -2.55. The fourth-order valence-electron chi connectivity index (χ4n) is 3.50. The van der Waals surface area contributed by atoms with Crippen LogP contribution >= 0.6 is 11.8 Å². The van der Waals surface area contributed by atoms with Crippen LogP contribution in [0.5, 0.6) is 0 Å². The zero-order valence-corrected chi connectivity index (χ0v) is 13.6. The van der Waals surface area contributed by atoms with E-state index in [1.54, 1.807) is 0 Å². The van der Waals surface area contributed by atoms with Crippen molar-refractivity contribution < 1.29 is 5.11 Å². The molecule has 3 atom stereocenters. The van der Waals surface area contributed by atoms with Crippen molar-refractivity contribution in [3.05, 3.63) is 0 Å². The molecule has 2 nitrogen and oxygen atoms in total. The number of aliphatic hydroxyl groups is 1. The van der Waals surface area contributed by atoms with E-state index in [4.69, 9.17) is 0 Å². The Hall–Kier alpha value is 0.270. The Morgan fingerprint density at radius 2 is 2.00 bits per heavy atom. The van der Waals surface area contributed by atoms with E-state index >= 15 is 0 Å². The predicted octanol–water partition coefficient (Wildman–Crippen LogP) is 3.44. The molecule has 0 spiro atoms. The molecule has 0 saturated heterocycles. The molecule has 3 unspecified atom stereocenters. The summed E-state index contributed by atoms with van der Waals surface area (Å²) in [4.78, 5) is 0. The van der Waals surface area contributed by atoms with E-state index in [0.29, 0.717) is 18.6 Å². The number of hydrogen-bond acceptors (Lipinski definition) is 3. The van der Waals surface area contributed by atoms with Gasteiger partial charge >= 0.3 is 0 Å². The molecule has 2 rings (SSSR count). The number of rotatable bonds is 7. The van der Waals surface area contributed by atoms with Crippen LogP contribution in [0.15, 0.2) is 0 Å². The maximum absolute atomic E-state index is 9.94. The molecular weight excluding hydrogens is 254 g/mol. The van der Waals surface area contributed by atoms with Gasteiger partial charge in [0, 0.05) is 17.0 Å². The van der Waals surface area contributed by atoms with Crippen LogP contribution in [-0.4, -0.2) is 34.3 Å². The third kappa shape index (κ3) is 4.37. The molecule has 2 aliphatic carbocycles. The highest BCUT2D eigenvalue weighted by Crippen LogP contribution is 2.43. The molecule has 0 aromatic heterocycles. The van der Waals surface area contributed by atoms with Crippen LogP contribution in [0.4, 0.5) is 0 Å². The summed E-state index contributed by atoms with van der Waals surface area (Å²) < 4.78 is 0. The average molecular weight is 285 g/mol. The van der Waals surface area contributed by atoms with E-state index in [-0.39, 0.29) is 5.54 Å². The van der Waals surface area contributed by atoms with Gasteiger partial charge in [0.2, 0.25) is 0 Å². The predicted molar refractivity (Wildman–Crippen MR) is 84.7 cm³/mol. The van der Waals surface area contributed by atoms with Gasteiger partial charge in [0.1, 0.15) is 0 Å². The second kappa shape index (κ2) is 6.82. The maximum atomic E-state index is 9.94. The Balaban J connectivity index is 1.88. The second-order valence-electron chi connectivity index (χ2n) is 7.09. The molecule has 112 valence electrons. The first-order valence-corrected chi connectivity index (χ1v) is 9.11. The monoisotopic (exact) mass is 285 g/mol. The van der Waals surface area contributed by atoms with Crippen LogP contribution in [0.1, 0.15) is 59.3 Å². The summed E-state index contributed by atoms with van der Waals surface area (Å²) in [6.07, 6.45) is 8.15. The van der Waals surface area contributed by atoms with E-state index in [2.05, 4.69) is 37.8 Å². The number of aliphatic hydroxyl groups excluding tert-OH is 1. The maximum Gasteiger partial charge on any atom is 0.0624 e. The highest BCUT2D eigenvalue weighted by Gasteiger charge is 2.45. The van der Waals surface area contributed by atoms with Gasteiger partial charge in [-0.1, -0.05) is 33.6 Å². The van der Waals surface area contributed by atoms with E-state index in [1.807, 2.05) is 0 Å². The fraction of sp³-hybridized carbons (Fsp3) is 1.00. The lowest BCUT2D eigenvalue weighted by atomic mass is 9.90. The minimum absolute atomic E-state index is 0.0144. The molecule has 0 amide bonds. The second-order valence-corrected chi connectivity index (χ2v) is 8.38. The molecule has 0 aromatic carbocycles. The average Bonchev–Trinajstić information content (AvgIpc) is 3.19. The van der Waals surface area contributed by atoms with Crippen molar-refractivity contribution in [3.8, 4) is 0 Å². The highest BCUT2D eigenvalue weighted by molar-refractivity contribution is 8.00. The van der Waals surface area contributed by atoms with Crippen LogP contribution in [0.25, 0.3) is 0 Å². The molecule has 0 heterocycles. The first kappa shape index (κ1) is 15.7. The largest absolute Gasteiger partial charge is 0.394 e. The Morgan fingerprint density at radius 3 is 2.53 bits per heavy atom. The van der Waals surface area contributed by atoms with E-state index in [1.165, 1.54) is 38.5 Å². The van der Waals surface area contributed by atoms with Gasteiger partial charge in [0.15, 0.2) is 0 Å². The number of nitrogens with one attached hydrogen (secondary N) is 1. The highest BCUT2D eigenvalue weighted by atomic mass is 32.2. The molecule has 0 radical (unpaired) electrons. The fourth-order valence-corrected chi connectivity index (χ4v) is 5.25. The van der Waals surface area contributed by atoms with E-state index < -0.39 is 0 Å². The van der Waals surface area contributed by atoms with Crippen LogP contribution in [0.2, 0.25) is 0 Å². The first-order valence-electron chi connectivity index (χ1n) is 8.06. The van der Waals surface area contributed by atoms with Gasteiger partial charge in [-0.2, -0.15) is 11.8 Å². The van der Waals surface area contributed by atoms with Gasteiger partial charge in [0.05, 0.1) is 12.1 Å². The van der Waals surface area contributed by atoms with Crippen molar-refractivity contribution in [2.45, 2.75) is 76.1 Å². The van der Waals surface area contributed by atoms with Gasteiger partial charge in [-0.3, -0.25) is 0 Å². The Labute approximate surface area is 123 Å². The standard InChI is InChI=1S/C16H31NOS/c1-12(2)17-16(10-18,14-7-8-14)11-19-15-6-4-5-13(3)9-15/h12-15,17-18H,4-11H2,1-3H3. The minimum Gasteiger partial charge on any atom is -0.394 e. The van der Waals surface area contributed by atoms with E-state index in [9.17, 15) is 5.11 Å². The molecule has 2 saturated carbocycles. The van der Waals surface area contributed by atoms with Crippen LogP contribution < -0.4 is 5.32 Å². The zero-order valence-electron chi connectivity index (χ0n) is 12.8. The smallest absolute Gasteiger partial charge is 0.0624 e. The van der Waals surface area contributed by atoms with Crippen molar-refractivity contribution in [2.24, 2.45) is 11.8 Å². The normalized spacial score (nSPS) is 31.4. The van der Waals surface area contributed by atoms with Crippen molar-refractivity contribution in [3.63, 3.8) is 0 Å². The summed E-state index contributed by atoms with van der Waals surface area (Å²) >= 11 is 2.12. The third-order valence-corrected chi connectivity index (χ3v) is 6.26. The molecule has 3 heteroatoms. The van der Waals surface area contributed by atoms with Crippen LogP contribution in [-0.2, 0) is 0 Å². The van der Waals surface area contributed by atoms with Gasteiger partial charge in [-0.15, -0.1) is 0 Å². The van der Waals surface area contributed by atoms with E-state index in [0.717, 1.165) is 16.9 Å². The van der Waals surface area contributed by atoms with Gasteiger partial charge in [0.25, 0.3) is 0 Å². The van der Waals surface area contributed by atoms with Gasteiger partial charge < -0.3 is 10.4 Å². The third-order valence-electron chi connectivity index (χ3n) is 4.68. The Bertz CT molecular complexity index is 280. The van der Waals surface area contributed by atoms with Crippen molar-refractivity contribution >= 4 is 11.8 Å². The molecule has 19 heavy (non-hydrogen) atoms. The molecule has 2 fully saturated rings. The summed E-state index contributed by atoms with van der Waals surface area (Å²) in [6.45, 7) is 7.07. The Morgan fingerprint density at radius 1 is 1.26 bits per heavy atom. The Kier molecular flexibility index (Phi) is 5.62. The SMILES string of the molecule is CC1CCCC(SCC(CO)(NC(C)C)C2CC2)C1. The lowest BCUT2D eigenvalue weighted by Gasteiger charge is -2.37. The summed E-state index contributed by atoms with van der Waals surface area (Å²) in [6, 6.07) is 0.457. The summed E-state index contributed by atoms with van der Waals surface area (Å²) in [5.41, 5.74) is -0.0144. The zero-order chi connectivity index (χ0) is 13.9. The topological polar surface area (TPSA) is 32.3 Å². The number of hydrogen-bond donors (Lipinski definition) is 2. The molecule has 0 aliphatic heterocycles. The molecule has 2 N–H and O–H groups in total.